The minimum Gasteiger partial charge on any atom is -0.350 e. The third-order valence-electron chi connectivity index (χ3n) is 6.42. The minimum absolute atomic E-state index is 0.150. The van der Waals surface area contributed by atoms with E-state index in [1.165, 1.54) is 18.4 Å². The topological polar surface area (TPSA) is 77.2 Å². The van der Waals surface area contributed by atoms with Crippen LogP contribution in [0, 0.1) is 12.8 Å². The molecule has 4 rings (SSSR count). The van der Waals surface area contributed by atoms with Crippen molar-refractivity contribution in [1.29, 1.82) is 0 Å². The predicted octanol–water partition coefficient (Wildman–Crippen LogP) is 4.80. The van der Waals surface area contributed by atoms with E-state index in [0.717, 1.165) is 35.0 Å². The number of H-pyrrole nitrogens is 1. The molecule has 2 aromatic carbocycles. The monoisotopic (exact) mass is 480 g/mol. The molecule has 0 radical (unpaired) electrons. The van der Waals surface area contributed by atoms with Crippen LogP contribution in [-0.2, 0) is 17.9 Å². The highest BCUT2D eigenvalue weighted by Gasteiger charge is 2.27. The summed E-state index contributed by atoms with van der Waals surface area (Å²) in [5.74, 6) is 0.255. The predicted molar refractivity (Wildman–Crippen MR) is 137 cm³/mol. The van der Waals surface area contributed by atoms with Crippen molar-refractivity contribution in [1.82, 2.24) is 20.5 Å². The van der Waals surface area contributed by atoms with Crippen LogP contribution in [0.25, 0.3) is 10.9 Å². The Bertz CT molecular complexity index is 1170. The molecule has 0 aliphatic heterocycles. The largest absolute Gasteiger partial charge is 0.350 e. The van der Waals surface area contributed by atoms with E-state index in [1.54, 1.807) is 0 Å². The minimum atomic E-state index is -0.574. The van der Waals surface area contributed by atoms with Crippen molar-refractivity contribution in [2.24, 2.45) is 5.92 Å². The number of carbonyl (C=O) groups is 2. The van der Waals surface area contributed by atoms with E-state index >= 15 is 0 Å². The van der Waals surface area contributed by atoms with Crippen LogP contribution in [0.1, 0.15) is 52.9 Å². The summed E-state index contributed by atoms with van der Waals surface area (Å²) in [7, 11) is 4.08. The zero-order valence-corrected chi connectivity index (χ0v) is 20.8. The van der Waals surface area contributed by atoms with Gasteiger partial charge in [-0.05, 0) is 68.6 Å². The number of halogens is 1. The zero-order valence-electron chi connectivity index (χ0n) is 20.1. The first kappa shape index (κ1) is 24.3. The van der Waals surface area contributed by atoms with Gasteiger partial charge < -0.3 is 20.5 Å². The van der Waals surface area contributed by atoms with Gasteiger partial charge in [-0.2, -0.15) is 0 Å². The van der Waals surface area contributed by atoms with Crippen molar-refractivity contribution in [3.8, 4) is 0 Å². The van der Waals surface area contributed by atoms with Gasteiger partial charge in [-0.3, -0.25) is 9.59 Å². The third-order valence-corrected chi connectivity index (χ3v) is 6.65. The van der Waals surface area contributed by atoms with E-state index in [4.69, 9.17) is 11.6 Å². The van der Waals surface area contributed by atoms with Gasteiger partial charge in [-0.25, -0.2) is 0 Å². The molecule has 0 saturated heterocycles. The Hall–Kier alpha value is -2.83. The van der Waals surface area contributed by atoms with Crippen LogP contribution in [0.4, 0.5) is 0 Å². The lowest BCUT2D eigenvalue weighted by molar-refractivity contribution is -0.123. The van der Waals surface area contributed by atoms with Crippen LogP contribution in [0.15, 0.2) is 42.5 Å². The standard InChI is InChI=1S/C27H33ClN4O2/c1-17-22-12-11-21(28)14-24(22)30-25(17)27(34)31-23(13-10-18-4-5-18)26(33)29-15-19-6-8-20(9-7-19)16-32(2)3/h6-9,11-12,14,18,23,30H,4-5,10,13,15-16H2,1-3H3,(H,29,33)(H,31,34)/t23-/m0/s1. The number of hydrogen-bond donors (Lipinski definition) is 3. The number of rotatable bonds is 10. The summed E-state index contributed by atoms with van der Waals surface area (Å²) in [6.45, 7) is 3.21. The Morgan fingerprint density at radius 1 is 1.12 bits per heavy atom. The van der Waals surface area contributed by atoms with Crippen molar-refractivity contribution >= 4 is 34.3 Å². The second-order valence-electron chi connectivity index (χ2n) is 9.63. The first-order valence-corrected chi connectivity index (χ1v) is 12.3. The Labute approximate surface area is 206 Å². The van der Waals surface area contributed by atoms with Crippen molar-refractivity contribution in [2.75, 3.05) is 14.1 Å². The van der Waals surface area contributed by atoms with Gasteiger partial charge in [0, 0.05) is 29.0 Å². The fourth-order valence-electron chi connectivity index (χ4n) is 4.29. The maximum Gasteiger partial charge on any atom is 0.268 e. The van der Waals surface area contributed by atoms with Crippen LogP contribution in [0.5, 0.6) is 0 Å². The van der Waals surface area contributed by atoms with Gasteiger partial charge in [0.15, 0.2) is 0 Å². The quantitative estimate of drug-likeness (QED) is 0.390. The number of nitrogens with zero attached hydrogens (tertiary/aromatic N) is 1. The molecule has 6 nitrogen and oxygen atoms in total. The van der Waals surface area contributed by atoms with Crippen molar-refractivity contribution < 1.29 is 9.59 Å². The van der Waals surface area contributed by atoms with Gasteiger partial charge in [0.2, 0.25) is 5.91 Å². The summed E-state index contributed by atoms with van der Waals surface area (Å²) in [6.07, 6.45) is 4.00. The molecule has 0 bridgehead atoms. The molecule has 0 spiro atoms. The molecule has 1 aliphatic carbocycles. The molecule has 3 N–H and O–H groups in total. The van der Waals surface area contributed by atoms with E-state index in [9.17, 15) is 9.59 Å². The number of aromatic nitrogens is 1. The number of carbonyl (C=O) groups excluding carboxylic acids is 2. The molecule has 2 amide bonds. The second kappa shape index (κ2) is 10.6. The van der Waals surface area contributed by atoms with Crippen molar-refractivity contribution in [2.45, 2.75) is 51.7 Å². The van der Waals surface area contributed by atoms with Crippen molar-refractivity contribution in [3.05, 3.63) is 69.9 Å². The maximum absolute atomic E-state index is 13.1. The molecule has 1 saturated carbocycles. The highest BCUT2D eigenvalue weighted by Crippen LogP contribution is 2.34. The summed E-state index contributed by atoms with van der Waals surface area (Å²) in [4.78, 5) is 31.5. The Morgan fingerprint density at radius 2 is 1.82 bits per heavy atom. The van der Waals surface area contributed by atoms with E-state index in [2.05, 4.69) is 32.7 Å². The lowest BCUT2D eigenvalue weighted by Gasteiger charge is -2.19. The fraction of sp³-hybridized carbons (Fsp3) is 0.407. The van der Waals surface area contributed by atoms with Gasteiger partial charge >= 0.3 is 0 Å². The molecule has 7 heteroatoms. The van der Waals surface area contributed by atoms with Gasteiger partial charge in [0.25, 0.3) is 5.91 Å². The summed E-state index contributed by atoms with van der Waals surface area (Å²) in [5, 5.41) is 7.55. The third kappa shape index (κ3) is 6.19. The van der Waals surface area contributed by atoms with Crippen LogP contribution < -0.4 is 10.6 Å². The molecule has 1 atom stereocenters. The number of benzene rings is 2. The van der Waals surface area contributed by atoms with E-state index in [1.807, 2.05) is 51.4 Å². The molecule has 1 heterocycles. The highest BCUT2D eigenvalue weighted by molar-refractivity contribution is 6.31. The molecule has 34 heavy (non-hydrogen) atoms. The number of amides is 2. The van der Waals surface area contributed by atoms with Gasteiger partial charge in [0.1, 0.15) is 11.7 Å². The molecule has 1 aliphatic rings. The molecule has 1 aromatic heterocycles. The maximum atomic E-state index is 13.1. The molecular weight excluding hydrogens is 448 g/mol. The molecule has 1 fully saturated rings. The van der Waals surface area contributed by atoms with Crippen LogP contribution in [0.2, 0.25) is 5.02 Å². The number of aryl methyl sites for hydroxylation is 1. The number of hydrogen-bond acceptors (Lipinski definition) is 3. The average Bonchev–Trinajstić information content (AvgIpc) is 3.57. The van der Waals surface area contributed by atoms with E-state index < -0.39 is 6.04 Å². The second-order valence-corrected chi connectivity index (χ2v) is 10.1. The van der Waals surface area contributed by atoms with Gasteiger partial charge in [-0.1, -0.05) is 54.8 Å². The normalized spacial score (nSPS) is 14.4. The average molecular weight is 481 g/mol. The smallest absolute Gasteiger partial charge is 0.268 e. The van der Waals surface area contributed by atoms with Crippen molar-refractivity contribution in [3.63, 3.8) is 0 Å². The number of fused-ring (bicyclic) bond motifs is 1. The molecule has 180 valence electrons. The summed E-state index contributed by atoms with van der Waals surface area (Å²) < 4.78 is 0. The van der Waals surface area contributed by atoms with Crippen LogP contribution in [0.3, 0.4) is 0 Å². The Morgan fingerprint density at radius 3 is 2.50 bits per heavy atom. The molecule has 0 unspecified atom stereocenters. The number of nitrogens with one attached hydrogen (secondary N) is 3. The van der Waals surface area contributed by atoms with Crippen LogP contribution >= 0.6 is 11.6 Å². The SMILES string of the molecule is Cc1c(C(=O)N[C@@H](CCC2CC2)C(=O)NCc2ccc(CN(C)C)cc2)[nH]c2cc(Cl)ccc12. The zero-order chi connectivity index (χ0) is 24.2. The fourth-order valence-corrected chi connectivity index (χ4v) is 4.46. The van der Waals surface area contributed by atoms with E-state index in [0.29, 0.717) is 29.6 Å². The molecule has 3 aromatic rings. The highest BCUT2D eigenvalue weighted by atomic mass is 35.5. The Balaban J connectivity index is 1.42. The Kier molecular flexibility index (Phi) is 7.59. The first-order chi connectivity index (χ1) is 16.3. The summed E-state index contributed by atoms with van der Waals surface area (Å²) >= 11 is 6.10. The lowest BCUT2D eigenvalue weighted by atomic mass is 10.1. The number of aromatic amines is 1. The summed E-state index contributed by atoms with van der Waals surface area (Å²) in [6, 6.07) is 13.2. The first-order valence-electron chi connectivity index (χ1n) is 11.9. The van der Waals surface area contributed by atoms with E-state index in [-0.39, 0.29) is 11.8 Å². The lowest BCUT2D eigenvalue weighted by Crippen LogP contribution is -2.46. The van der Waals surface area contributed by atoms with Crippen LogP contribution in [-0.4, -0.2) is 41.8 Å². The van der Waals surface area contributed by atoms with Gasteiger partial charge in [-0.15, -0.1) is 0 Å². The summed E-state index contributed by atoms with van der Waals surface area (Å²) in [5.41, 5.74) is 4.39. The molecular formula is C27H33ClN4O2. The van der Waals surface area contributed by atoms with Gasteiger partial charge in [0.05, 0.1) is 0 Å².